The first-order chi connectivity index (χ1) is 12.0. The number of piperazine rings is 2. The molecule has 2 fully saturated rings. The number of fused-ring (bicyclic) bond motifs is 2. The van der Waals surface area contributed by atoms with E-state index in [0.717, 1.165) is 24.2 Å². The molecule has 0 radical (unpaired) electrons. The molecule has 1 aromatic heterocycles. The summed E-state index contributed by atoms with van der Waals surface area (Å²) < 4.78 is 0. The molecule has 2 aromatic rings. The molecule has 2 saturated heterocycles. The molecule has 3 heterocycles. The van der Waals surface area contributed by atoms with Crippen LogP contribution < -0.4 is 5.32 Å². The quantitative estimate of drug-likeness (QED) is 0.838. The van der Waals surface area contributed by atoms with Crippen molar-refractivity contribution in [3.63, 3.8) is 0 Å². The first kappa shape index (κ1) is 16.3. The molecule has 0 aliphatic carbocycles. The zero-order chi connectivity index (χ0) is 17.6. The molecule has 2 aliphatic rings. The number of rotatable bonds is 1. The second-order valence-electron chi connectivity index (χ2n) is 6.57. The number of pyridine rings is 1. The Balaban J connectivity index is 1.67. The summed E-state index contributed by atoms with van der Waals surface area (Å²) in [5.41, 5.74) is 2.10. The Morgan fingerprint density at radius 3 is 2.96 bits per heavy atom. The fraction of sp³-hybridized carbons (Fsp3) is 0.389. The van der Waals surface area contributed by atoms with Crippen LogP contribution in [0.15, 0.2) is 24.3 Å². The fourth-order valence-electron chi connectivity index (χ4n) is 3.64. The van der Waals surface area contributed by atoms with Crippen molar-refractivity contribution in [3.05, 3.63) is 40.5 Å². The Hall–Kier alpha value is -2.18. The molecule has 2 amide bonds. The van der Waals surface area contributed by atoms with Crippen molar-refractivity contribution in [1.29, 1.82) is 0 Å². The average molecular weight is 359 g/mol. The number of carbonyl (C=O) groups excluding carboxylic acids is 2. The second-order valence-corrected chi connectivity index (χ2v) is 7.00. The summed E-state index contributed by atoms with van der Waals surface area (Å²) in [6, 6.07) is 6.93. The van der Waals surface area contributed by atoms with E-state index in [-0.39, 0.29) is 17.9 Å². The summed E-state index contributed by atoms with van der Waals surface area (Å²) >= 11 is 6.06. The number of aromatic nitrogens is 1. The van der Waals surface area contributed by atoms with Crippen molar-refractivity contribution in [2.45, 2.75) is 13.0 Å². The molecule has 0 spiro atoms. The van der Waals surface area contributed by atoms with Gasteiger partial charge >= 0.3 is 0 Å². The Labute approximate surface area is 150 Å². The lowest BCUT2D eigenvalue weighted by Crippen LogP contribution is -2.64. The van der Waals surface area contributed by atoms with Gasteiger partial charge in [-0.15, -0.1) is 0 Å². The number of hydrogen-bond donors (Lipinski definition) is 1. The first-order valence-corrected chi connectivity index (χ1v) is 8.78. The normalized spacial score (nSPS) is 21.1. The van der Waals surface area contributed by atoms with Gasteiger partial charge in [0.25, 0.3) is 5.91 Å². The highest BCUT2D eigenvalue weighted by atomic mass is 35.5. The minimum absolute atomic E-state index is 0.00583. The van der Waals surface area contributed by atoms with Crippen LogP contribution in [-0.4, -0.2) is 65.4 Å². The Kier molecular flexibility index (Phi) is 4.09. The third-order valence-electron chi connectivity index (χ3n) is 4.91. The maximum Gasteiger partial charge on any atom is 0.254 e. The molecule has 0 unspecified atom stereocenters. The van der Waals surface area contributed by atoms with Crippen molar-refractivity contribution >= 4 is 34.3 Å². The van der Waals surface area contributed by atoms with E-state index in [1.807, 2.05) is 19.1 Å². The predicted molar refractivity (Wildman–Crippen MR) is 95.8 cm³/mol. The molecular formula is C18H19ClN4O2. The Bertz CT molecular complexity index is 864. The monoisotopic (exact) mass is 358 g/mol. The SMILES string of the molecule is Cc1cc(C(=O)N2CCN3CCNC(=O)[C@@H]3C2)c2ccc(Cl)cc2n1. The van der Waals surface area contributed by atoms with Gasteiger partial charge in [-0.1, -0.05) is 17.7 Å². The van der Waals surface area contributed by atoms with Gasteiger partial charge in [0.2, 0.25) is 5.91 Å². The average Bonchev–Trinajstić information content (AvgIpc) is 2.60. The van der Waals surface area contributed by atoms with Crippen LogP contribution in [0, 0.1) is 6.92 Å². The van der Waals surface area contributed by atoms with Crippen LogP contribution in [0.5, 0.6) is 0 Å². The van der Waals surface area contributed by atoms with Gasteiger partial charge in [-0.2, -0.15) is 0 Å². The molecule has 2 aliphatic heterocycles. The maximum atomic E-state index is 13.1. The Morgan fingerprint density at radius 1 is 1.28 bits per heavy atom. The van der Waals surface area contributed by atoms with E-state index in [1.165, 1.54) is 0 Å². The van der Waals surface area contributed by atoms with E-state index in [4.69, 9.17) is 11.6 Å². The number of nitrogens with one attached hydrogen (secondary N) is 1. The van der Waals surface area contributed by atoms with Crippen LogP contribution in [0.3, 0.4) is 0 Å². The summed E-state index contributed by atoms with van der Waals surface area (Å²) in [5, 5.41) is 4.26. The highest BCUT2D eigenvalue weighted by Crippen LogP contribution is 2.24. The first-order valence-electron chi connectivity index (χ1n) is 8.41. The highest BCUT2D eigenvalue weighted by Gasteiger charge is 2.36. The smallest absolute Gasteiger partial charge is 0.254 e. The Morgan fingerprint density at radius 2 is 2.12 bits per heavy atom. The van der Waals surface area contributed by atoms with Crippen LogP contribution in [0.25, 0.3) is 10.9 Å². The van der Waals surface area contributed by atoms with E-state index in [9.17, 15) is 9.59 Å². The maximum absolute atomic E-state index is 13.1. The third-order valence-corrected chi connectivity index (χ3v) is 5.14. The molecule has 1 aromatic carbocycles. The number of amides is 2. The molecule has 1 N–H and O–H groups in total. The number of aryl methyl sites for hydroxylation is 1. The van der Waals surface area contributed by atoms with Gasteiger partial charge < -0.3 is 10.2 Å². The van der Waals surface area contributed by atoms with Gasteiger partial charge in [0.15, 0.2) is 0 Å². The van der Waals surface area contributed by atoms with Gasteiger partial charge in [-0.3, -0.25) is 19.5 Å². The molecule has 25 heavy (non-hydrogen) atoms. The molecule has 0 bridgehead atoms. The summed E-state index contributed by atoms with van der Waals surface area (Å²) in [5.74, 6) is -0.0536. The molecule has 4 rings (SSSR count). The topological polar surface area (TPSA) is 65.5 Å². The van der Waals surface area contributed by atoms with Crippen molar-refractivity contribution < 1.29 is 9.59 Å². The van der Waals surface area contributed by atoms with Gasteiger partial charge in [-0.05, 0) is 25.1 Å². The summed E-state index contributed by atoms with van der Waals surface area (Å²) in [7, 11) is 0. The number of hydrogen-bond acceptors (Lipinski definition) is 4. The summed E-state index contributed by atoms with van der Waals surface area (Å²) in [4.78, 5) is 33.7. The lowest BCUT2D eigenvalue weighted by atomic mass is 10.0. The van der Waals surface area contributed by atoms with Crippen LogP contribution in [-0.2, 0) is 4.79 Å². The molecule has 0 saturated carbocycles. The number of carbonyl (C=O) groups is 2. The molecule has 6 nitrogen and oxygen atoms in total. The molecule has 7 heteroatoms. The van der Waals surface area contributed by atoms with Gasteiger partial charge in [0.05, 0.1) is 11.1 Å². The number of benzene rings is 1. The lowest BCUT2D eigenvalue weighted by molar-refractivity contribution is -0.131. The van der Waals surface area contributed by atoms with Crippen LogP contribution >= 0.6 is 11.6 Å². The summed E-state index contributed by atoms with van der Waals surface area (Å²) in [6.45, 7) is 5.15. The van der Waals surface area contributed by atoms with E-state index in [1.54, 1.807) is 17.0 Å². The zero-order valence-electron chi connectivity index (χ0n) is 14.0. The lowest BCUT2D eigenvalue weighted by Gasteiger charge is -2.43. The minimum Gasteiger partial charge on any atom is -0.353 e. The predicted octanol–water partition coefficient (Wildman–Crippen LogP) is 1.45. The van der Waals surface area contributed by atoms with E-state index >= 15 is 0 Å². The fourth-order valence-corrected chi connectivity index (χ4v) is 3.81. The van der Waals surface area contributed by atoms with Gasteiger partial charge in [0, 0.05) is 48.8 Å². The van der Waals surface area contributed by atoms with E-state index in [0.29, 0.717) is 35.7 Å². The molecular weight excluding hydrogens is 340 g/mol. The second kappa shape index (κ2) is 6.28. The van der Waals surface area contributed by atoms with Crippen LogP contribution in [0.4, 0.5) is 0 Å². The van der Waals surface area contributed by atoms with E-state index < -0.39 is 0 Å². The van der Waals surface area contributed by atoms with Crippen LogP contribution in [0.1, 0.15) is 16.1 Å². The molecule has 1 atom stereocenters. The number of nitrogens with zero attached hydrogens (tertiary/aromatic N) is 3. The van der Waals surface area contributed by atoms with Crippen molar-refractivity contribution in [1.82, 2.24) is 20.1 Å². The summed E-state index contributed by atoms with van der Waals surface area (Å²) in [6.07, 6.45) is 0. The van der Waals surface area contributed by atoms with Crippen molar-refractivity contribution in [2.24, 2.45) is 0 Å². The highest BCUT2D eigenvalue weighted by molar-refractivity contribution is 6.31. The van der Waals surface area contributed by atoms with Gasteiger partial charge in [0.1, 0.15) is 6.04 Å². The zero-order valence-corrected chi connectivity index (χ0v) is 14.7. The minimum atomic E-state index is -0.255. The largest absolute Gasteiger partial charge is 0.353 e. The third kappa shape index (κ3) is 2.96. The van der Waals surface area contributed by atoms with Crippen molar-refractivity contribution in [3.8, 4) is 0 Å². The number of halogens is 1. The van der Waals surface area contributed by atoms with Crippen LogP contribution in [0.2, 0.25) is 5.02 Å². The molecule has 130 valence electrons. The van der Waals surface area contributed by atoms with E-state index in [2.05, 4.69) is 15.2 Å². The standard InChI is InChI=1S/C18H19ClN4O2/c1-11-8-14(13-3-2-12(19)9-15(13)21-11)18(25)23-7-6-22-5-4-20-17(24)16(22)10-23/h2-3,8-9,16H,4-7,10H2,1H3,(H,20,24)/t16-/m0/s1. The van der Waals surface area contributed by atoms with Gasteiger partial charge in [-0.25, -0.2) is 0 Å². The van der Waals surface area contributed by atoms with Crippen molar-refractivity contribution in [2.75, 3.05) is 32.7 Å².